The van der Waals surface area contributed by atoms with Crippen molar-refractivity contribution in [1.82, 2.24) is 30.0 Å². The van der Waals surface area contributed by atoms with E-state index >= 15 is 0 Å². The first-order valence-electron chi connectivity index (χ1n) is 6.42. The molecule has 0 radical (unpaired) electrons. The van der Waals surface area contributed by atoms with Crippen molar-refractivity contribution in [3.63, 3.8) is 0 Å². The lowest BCUT2D eigenvalue weighted by Crippen LogP contribution is -2.25. The summed E-state index contributed by atoms with van der Waals surface area (Å²) in [5, 5.41) is 19.7. The molecule has 10 heteroatoms. The molecule has 0 aliphatic heterocycles. The largest absolute Gasteiger partial charge is 0.381 e. The number of aromatic nitrogens is 5. The fraction of sp³-hybridized carbons (Fsp3) is 0.455. The molecule has 0 saturated carbocycles. The van der Waals surface area contributed by atoms with Gasteiger partial charge in [-0.3, -0.25) is 9.89 Å². The molecule has 112 valence electrons. The van der Waals surface area contributed by atoms with Gasteiger partial charge in [0.15, 0.2) is 0 Å². The van der Waals surface area contributed by atoms with Crippen molar-refractivity contribution < 1.29 is 9.72 Å². The molecule has 0 fully saturated rings. The van der Waals surface area contributed by atoms with Crippen LogP contribution in [-0.4, -0.2) is 42.1 Å². The molecule has 2 aromatic heterocycles. The van der Waals surface area contributed by atoms with Crippen LogP contribution in [0.5, 0.6) is 0 Å². The maximum atomic E-state index is 11.6. The number of nitro groups is 1. The highest BCUT2D eigenvalue weighted by molar-refractivity contribution is 5.75. The maximum Gasteiger partial charge on any atom is 0.381 e. The van der Waals surface area contributed by atoms with E-state index in [1.807, 2.05) is 0 Å². The minimum Gasteiger partial charge on any atom is -0.358 e. The standard InChI is InChI=1S/C11H15N7O3/c19-11(12-4-1-2-9-13-7-15-16-9)3-5-17-6-10(14-8-17)18(20)21/h6-8H,1-5H2,(H,12,19)(H,13,15,16). The summed E-state index contributed by atoms with van der Waals surface area (Å²) in [7, 11) is 0. The van der Waals surface area contributed by atoms with E-state index in [-0.39, 0.29) is 18.1 Å². The number of nitrogens with zero attached hydrogens (tertiary/aromatic N) is 5. The second-order valence-electron chi connectivity index (χ2n) is 4.36. The number of imidazole rings is 1. The highest BCUT2D eigenvalue weighted by Gasteiger charge is 2.10. The van der Waals surface area contributed by atoms with E-state index in [0.29, 0.717) is 19.5 Å². The molecule has 2 rings (SSSR count). The number of nitrogens with one attached hydrogen (secondary N) is 2. The molecule has 0 bridgehead atoms. The van der Waals surface area contributed by atoms with Gasteiger partial charge in [0.2, 0.25) is 12.2 Å². The highest BCUT2D eigenvalue weighted by Crippen LogP contribution is 2.05. The Morgan fingerprint density at radius 1 is 1.48 bits per heavy atom. The van der Waals surface area contributed by atoms with E-state index < -0.39 is 4.92 Å². The van der Waals surface area contributed by atoms with Gasteiger partial charge < -0.3 is 20.0 Å². The molecule has 2 N–H and O–H groups in total. The monoisotopic (exact) mass is 293 g/mol. The predicted molar refractivity (Wildman–Crippen MR) is 71.2 cm³/mol. The number of aryl methyl sites for hydroxylation is 2. The second-order valence-corrected chi connectivity index (χ2v) is 4.36. The van der Waals surface area contributed by atoms with Gasteiger partial charge in [-0.1, -0.05) is 0 Å². The average molecular weight is 293 g/mol. The summed E-state index contributed by atoms with van der Waals surface area (Å²) < 4.78 is 1.52. The number of carbonyl (C=O) groups excluding carboxylic acids is 1. The van der Waals surface area contributed by atoms with Crippen LogP contribution in [-0.2, 0) is 17.8 Å². The lowest BCUT2D eigenvalue weighted by molar-refractivity contribution is -0.389. The summed E-state index contributed by atoms with van der Waals surface area (Å²) in [5.74, 6) is 0.460. The topological polar surface area (TPSA) is 132 Å². The zero-order chi connectivity index (χ0) is 15.1. The van der Waals surface area contributed by atoms with E-state index in [1.165, 1.54) is 23.4 Å². The van der Waals surface area contributed by atoms with Gasteiger partial charge in [-0.25, -0.2) is 4.98 Å². The molecule has 0 spiro atoms. The molecule has 1 amide bonds. The Hall–Kier alpha value is -2.78. The van der Waals surface area contributed by atoms with Crippen LogP contribution in [0.2, 0.25) is 0 Å². The molecule has 0 aliphatic carbocycles. The number of hydrogen-bond acceptors (Lipinski definition) is 6. The molecule has 21 heavy (non-hydrogen) atoms. The SMILES string of the molecule is O=C(CCn1cnc([N+](=O)[O-])c1)NCCCc1ncn[nH]1. The van der Waals surface area contributed by atoms with Crippen molar-refractivity contribution in [3.05, 3.63) is 34.8 Å². The Morgan fingerprint density at radius 2 is 2.33 bits per heavy atom. The third kappa shape index (κ3) is 4.67. The number of aromatic amines is 1. The fourth-order valence-corrected chi connectivity index (χ4v) is 1.72. The van der Waals surface area contributed by atoms with E-state index in [4.69, 9.17) is 0 Å². The normalized spacial score (nSPS) is 10.5. The van der Waals surface area contributed by atoms with Crippen molar-refractivity contribution in [1.29, 1.82) is 0 Å². The van der Waals surface area contributed by atoms with E-state index in [9.17, 15) is 14.9 Å². The van der Waals surface area contributed by atoms with Crippen LogP contribution in [0.15, 0.2) is 18.9 Å². The Kier molecular flexibility index (Phi) is 4.96. The molecule has 2 aromatic rings. The minimum atomic E-state index is -0.569. The fourth-order valence-electron chi connectivity index (χ4n) is 1.72. The number of H-pyrrole nitrogens is 1. The van der Waals surface area contributed by atoms with Crippen LogP contribution < -0.4 is 5.32 Å². The second kappa shape index (κ2) is 7.12. The van der Waals surface area contributed by atoms with E-state index in [2.05, 4.69) is 25.5 Å². The van der Waals surface area contributed by atoms with Gasteiger partial charge in [-0.2, -0.15) is 5.10 Å². The third-order valence-electron chi connectivity index (χ3n) is 2.78. The molecule has 2 heterocycles. The van der Waals surface area contributed by atoms with Gasteiger partial charge >= 0.3 is 5.82 Å². The lowest BCUT2D eigenvalue weighted by atomic mass is 10.3. The molecule has 0 atom stereocenters. The zero-order valence-corrected chi connectivity index (χ0v) is 11.2. The van der Waals surface area contributed by atoms with Gasteiger partial charge in [0.25, 0.3) is 0 Å². The highest BCUT2D eigenvalue weighted by atomic mass is 16.6. The van der Waals surface area contributed by atoms with E-state index in [1.54, 1.807) is 0 Å². The van der Waals surface area contributed by atoms with Gasteiger partial charge in [0, 0.05) is 25.9 Å². The Balaban J connectivity index is 1.61. The van der Waals surface area contributed by atoms with Crippen molar-refractivity contribution in [3.8, 4) is 0 Å². The van der Waals surface area contributed by atoms with Crippen LogP contribution in [0.1, 0.15) is 18.7 Å². The smallest absolute Gasteiger partial charge is 0.358 e. The average Bonchev–Trinajstić information content (AvgIpc) is 3.12. The summed E-state index contributed by atoms with van der Waals surface area (Å²) in [6, 6.07) is 0. The number of rotatable bonds is 8. The summed E-state index contributed by atoms with van der Waals surface area (Å²) in [6.45, 7) is 0.901. The number of hydrogen-bond donors (Lipinski definition) is 2. The summed E-state index contributed by atoms with van der Waals surface area (Å²) in [5.41, 5.74) is 0. The van der Waals surface area contributed by atoms with Crippen LogP contribution in [0.4, 0.5) is 5.82 Å². The number of amides is 1. The first-order chi connectivity index (χ1) is 10.1. The Labute approximate surface area is 119 Å². The van der Waals surface area contributed by atoms with Crippen molar-refractivity contribution >= 4 is 11.7 Å². The van der Waals surface area contributed by atoms with E-state index in [0.717, 1.165) is 12.2 Å². The van der Waals surface area contributed by atoms with Gasteiger partial charge in [-0.15, -0.1) is 0 Å². The third-order valence-corrected chi connectivity index (χ3v) is 2.78. The number of carbonyl (C=O) groups is 1. The van der Waals surface area contributed by atoms with Crippen molar-refractivity contribution in [2.45, 2.75) is 25.8 Å². The predicted octanol–water partition coefficient (Wildman–Crippen LogP) is 0.0485. The summed E-state index contributed by atoms with van der Waals surface area (Å²) >= 11 is 0. The molecular formula is C11H15N7O3. The van der Waals surface area contributed by atoms with Crippen molar-refractivity contribution in [2.75, 3.05) is 6.54 Å². The molecule has 0 aromatic carbocycles. The first-order valence-corrected chi connectivity index (χ1v) is 6.42. The first kappa shape index (κ1) is 14.6. The van der Waals surface area contributed by atoms with Crippen LogP contribution in [0.25, 0.3) is 0 Å². The molecule has 0 aliphatic rings. The van der Waals surface area contributed by atoms with Crippen LogP contribution in [0, 0.1) is 10.1 Å². The summed E-state index contributed by atoms with van der Waals surface area (Å²) in [4.78, 5) is 29.1. The molecular weight excluding hydrogens is 278 g/mol. The van der Waals surface area contributed by atoms with Crippen LogP contribution >= 0.6 is 0 Å². The summed E-state index contributed by atoms with van der Waals surface area (Å²) in [6.07, 6.45) is 5.81. The Morgan fingerprint density at radius 3 is 3.00 bits per heavy atom. The lowest BCUT2D eigenvalue weighted by Gasteiger charge is -2.04. The van der Waals surface area contributed by atoms with Gasteiger partial charge in [0.05, 0.1) is 0 Å². The zero-order valence-electron chi connectivity index (χ0n) is 11.2. The maximum absolute atomic E-state index is 11.6. The molecule has 0 saturated heterocycles. The van der Waals surface area contributed by atoms with Gasteiger partial charge in [0.1, 0.15) is 18.3 Å². The van der Waals surface area contributed by atoms with Crippen LogP contribution in [0.3, 0.4) is 0 Å². The molecule has 10 nitrogen and oxygen atoms in total. The minimum absolute atomic E-state index is 0.107. The van der Waals surface area contributed by atoms with Crippen molar-refractivity contribution in [2.24, 2.45) is 0 Å². The Bertz CT molecular complexity index is 593. The molecule has 0 unspecified atom stereocenters. The van der Waals surface area contributed by atoms with Gasteiger partial charge in [-0.05, 0) is 16.3 Å². The quantitative estimate of drug-likeness (QED) is 0.401.